The molecule has 2 aromatic rings. The molecule has 30 heavy (non-hydrogen) atoms. The number of aromatic hydroxyl groups is 1. The molecule has 1 unspecified atom stereocenters. The molecule has 1 saturated heterocycles. The van der Waals surface area contributed by atoms with E-state index in [9.17, 15) is 23.9 Å². The molecule has 2 amide bonds. The Morgan fingerprint density at radius 2 is 1.97 bits per heavy atom. The molecule has 0 saturated carbocycles. The highest BCUT2D eigenvalue weighted by Crippen LogP contribution is 2.34. The Morgan fingerprint density at radius 3 is 2.63 bits per heavy atom. The number of thioether (sulfide) groups is 1. The summed E-state index contributed by atoms with van der Waals surface area (Å²) in [6.07, 6.45) is 1.37. The number of benzene rings is 2. The first-order chi connectivity index (χ1) is 14.2. The molecule has 1 fully saturated rings. The molecule has 0 aliphatic carbocycles. The van der Waals surface area contributed by atoms with Gasteiger partial charge in [0, 0.05) is 11.3 Å². The van der Waals surface area contributed by atoms with E-state index in [4.69, 9.17) is 17.3 Å². The lowest BCUT2D eigenvalue weighted by Crippen LogP contribution is -2.44. The van der Waals surface area contributed by atoms with Gasteiger partial charge in [-0.3, -0.25) is 14.5 Å². The average Bonchev–Trinajstić information content (AvgIpc) is 2.97. The van der Waals surface area contributed by atoms with E-state index in [0.717, 1.165) is 28.8 Å². The summed E-state index contributed by atoms with van der Waals surface area (Å²) in [5, 5.41) is 21.1. The largest absolute Gasteiger partial charge is 0.507 e. The van der Waals surface area contributed by atoms with Gasteiger partial charge in [0.25, 0.3) is 5.91 Å². The number of thiocarbonyl (C=S) groups is 1. The van der Waals surface area contributed by atoms with E-state index in [1.54, 1.807) is 6.07 Å². The van der Waals surface area contributed by atoms with Crippen molar-refractivity contribution in [3.8, 4) is 5.75 Å². The van der Waals surface area contributed by atoms with Crippen LogP contribution in [0.15, 0.2) is 47.4 Å². The molecule has 3 rings (SSSR count). The van der Waals surface area contributed by atoms with E-state index in [0.29, 0.717) is 0 Å². The number of rotatable bonds is 5. The molecular formula is C20H15FN2O5S2. The number of amides is 2. The van der Waals surface area contributed by atoms with Crippen molar-refractivity contribution in [1.29, 1.82) is 0 Å². The Morgan fingerprint density at radius 1 is 1.27 bits per heavy atom. The van der Waals surface area contributed by atoms with Crippen LogP contribution < -0.4 is 5.32 Å². The first-order valence-electron chi connectivity index (χ1n) is 8.58. The van der Waals surface area contributed by atoms with Crippen molar-refractivity contribution in [3.63, 3.8) is 0 Å². The van der Waals surface area contributed by atoms with Crippen LogP contribution in [0.3, 0.4) is 0 Å². The lowest BCUT2D eigenvalue weighted by atomic mass is 10.1. The van der Waals surface area contributed by atoms with Gasteiger partial charge in [-0.05, 0) is 37.3 Å². The minimum Gasteiger partial charge on any atom is -0.507 e. The number of carboxylic acid groups (broad SMARTS) is 1. The summed E-state index contributed by atoms with van der Waals surface area (Å²) in [7, 11) is 0. The second-order valence-electron chi connectivity index (χ2n) is 6.28. The minimum atomic E-state index is -1.35. The summed E-state index contributed by atoms with van der Waals surface area (Å²) in [6, 6.07) is 8.51. The SMILES string of the molecule is CC(C(=O)Nc1ccc(O)c(C(=O)O)c1)N1C(=O)C(=Cc2ccccc2F)SC1=S. The van der Waals surface area contributed by atoms with Gasteiger partial charge in [0.2, 0.25) is 5.91 Å². The van der Waals surface area contributed by atoms with E-state index in [2.05, 4.69) is 5.32 Å². The summed E-state index contributed by atoms with van der Waals surface area (Å²) < 4.78 is 14.0. The van der Waals surface area contributed by atoms with Gasteiger partial charge in [0.1, 0.15) is 27.5 Å². The van der Waals surface area contributed by atoms with Crippen LogP contribution in [0.25, 0.3) is 6.08 Å². The van der Waals surface area contributed by atoms with E-state index in [-0.39, 0.29) is 26.0 Å². The second kappa shape index (κ2) is 8.64. The predicted octanol–water partition coefficient (Wildman–Crippen LogP) is 3.46. The molecule has 0 bridgehead atoms. The quantitative estimate of drug-likeness (QED) is 0.367. The molecule has 1 aliphatic heterocycles. The molecule has 1 aliphatic rings. The predicted molar refractivity (Wildman–Crippen MR) is 115 cm³/mol. The summed E-state index contributed by atoms with van der Waals surface area (Å²) >= 11 is 6.18. The molecule has 7 nitrogen and oxygen atoms in total. The molecule has 0 spiro atoms. The number of carbonyl (C=O) groups is 3. The first kappa shape index (κ1) is 21.5. The van der Waals surface area contributed by atoms with Gasteiger partial charge < -0.3 is 15.5 Å². The monoisotopic (exact) mass is 446 g/mol. The highest BCUT2D eigenvalue weighted by Gasteiger charge is 2.38. The van der Waals surface area contributed by atoms with Crippen LogP contribution in [-0.2, 0) is 9.59 Å². The van der Waals surface area contributed by atoms with Gasteiger partial charge in [0.15, 0.2) is 0 Å². The third-order valence-electron chi connectivity index (χ3n) is 4.28. The lowest BCUT2D eigenvalue weighted by Gasteiger charge is -2.22. The lowest BCUT2D eigenvalue weighted by molar-refractivity contribution is -0.129. The zero-order valence-corrected chi connectivity index (χ0v) is 17.1. The zero-order chi connectivity index (χ0) is 22.0. The summed E-state index contributed by atoms with van der Waals surface area (Å²) in [5.74, 6) is -3.43. The highest BCUT2D eigenvalue weighted by atomic mass is 32.2. The van der Waals surface area contributed by atoms with E-state index >= 15 is 0 Å². The number of carbonyl (C=O) groups excluding carboxylic acids is 2. The smallest absolute Gasteiger partial charge is 0.339 e. The Balaban J connectivity index is 1.79. The molecule has 0 radical (unpaired) electrons. The van der Waals surface area contributed by atoms with Crippen LogP contribution >= 0.6 is 24.0 Å². The minimum absolute atomic E-state index is 0.134. The van der Waals surface area contributed by atoms with Crippen molar-refractivity contribution in [2.45, 2.75) is 13.0 Å². The van der Waals surface area contributed by atoms with Crippen LogP contribution in [0.1, 0.15) is 22.8 Å². The van der Waals surface area contributed by atoms with Crippen LogP contribution in [0.4, 0.5) is 10.1 Å². The van der Waals surface area contributed by atoms with Crippen LogP contribution in [0.2, 0.25) is 0 Å². The fraction of sp³-hybridized carbons (Fsp3) is 0.100. The molecule has 1 heterocycles. The number of hydrogen-bond donors (Lipinski definition) is 3. The maximum absolute atomic E-state index is 13.9. The Kier molecular flexibility index (Phi) is 6.18. The molecule has 0 aromatic heterocycles. The van der Waals surface area contributed by atoms with E-state index in [1.165, 1.54) is 37.3 Å². The number of hydrogen-bond acceptors (Lipinski definition) is 6. The van der Waals surface area contributed by atoms with Gasteiger partial charge in [-0.15, -0.1) is 0 Å². The number of nitrogens with zero attached hydrogens (tertiary/aromatic N) is 1. The fourth-order valence-corrected chi connectivity index (χ4v) is 4.11. The maximum atomic E-state index is 13.9. The Hall–Kier alpha value is -3.24. The van der Waals surface area contributed by atoms with Crippen molar-refractivity contribution in [2.75, 3.05) is 5.32 Å². The van der Waals surface area contributed by atoms with Gasteiger partial charge in [0.05, 0.1) is 4.91 Å². The maximum Gasteiger partial charge on any atom is 0.339 e. The van der Waals surface area contributed by atoms with Crippen molar-refractivity contribution >= 4 is 57.8 Å². The van der Waals surface area contributed by atoms with Crippen molar-refractivity contribution in [2.24, 2.45) is 0 Å². The molecule has 10 heteroatoms. The van der Waals surface area contributed by atoms with Crippen LogP contribution in [0, 0.1) is 5.82 Å². The molecule has 3 N–H and O–H groups in total. The van der Waals surface area contributed by atoms with E-state index in [1.807, 2.05) is 0 Å². The number of nitrogens with one attached hydrogen (secondary N) is 1. The number of anilines is 1. The van der Waals surface area contributed by atoms with E-state index < -0.39 is 35.4 Å². The zero-order valence-electron chi connectivity index (χ0n) is 15.5. The highest BCUT2D eigenvalue weighted by molar-refractivity contribution is 8.26. The number of halogens is 1. The topological polar surface area (TPSA) is 107 Å². The first-order valence-corrected chi connectivity index (χ1v) is 9.80. The average molecular weight is 446 g/mol. The van der Waals surface area contributed by atoms with Crippen LogP contribution in [0.5, 0.6) is 5.75 Å². The number of carboxylic acids is 1. The van der Waals surface area contributed by atoms with Gasteiger partial charge in [-0.1, -0.05) is 42.2 Å². The van der Waals surface area contributed by atoms with Crippen molar-refractivity contribution in [1.82, 2.24) is 4.90 Å². The Bertz CT molecular complexity index is 1100. The molecule has 1 atom stereocenters. The fourth-order valence-electron chi connectivity index (χ4n) is 2.70. The third-order valence-corrected chi connectivity index (χ3v) is 5.61. The summed E-state index contributed by atoms with van der Waals surface area (Å²) in [5.41, 5.74) is -0.0197. The second-order valence-corrected chi connectivity index (χ2v) is 7.95. The molecule has 2 aromatic carbocycles. The standard InChI is InChI=1S/C20H15FN2O5S2/c1-10(17(25)22-12-6-7-15(24)13(9-12)19(27)28)23-18(26)16(30-20(23)29)8-11-4-2-3-5-14(11)21/h2-10,24H,1H3,(H,22,25)(H,27,28). The number of phenols is 1. The summed E-state index contributed by atoms with van der Waals surface area (Å²) in [4.78, 5) is 37.8. The molecular weight excluding hydrogens is 431 g/mol. The molecule has 154 valence electrons. The van der Waals surface area contributed by atoms with Crippen LogP contribution in [-0.4, -0.2) is 43.3 Å². The Labute approximate surface area is 180 Å². The van der Waals surface area contributed by atoms with Gasteiger partial charge in [-0.2, -0.15) is 0 Å². The van der Waals surface area contributed by atoms with Crippen molar-refractivity contribution in [3.05, 3.63) is 64.3 Å². The normalized spacial score (nSPS) is 16.1. The summed E-state index contributed by atoms with van der Waals surface area (Å²) in [6.45, 7) is 1.46. The van der Waals surface area contributed by atoms with Gasteiger partial charge >= 0.3 is 5.97 Å². The van der Waals surface area contributed by atoms with Crippen molar-refractivity contribution < 1.29 is 29.0 Å². The van der Waals surface area contributed by atoms with Gasteiger partial charge in [-0.25, -0.2) is 9.18 Å². The number of aromatic carboxylic acids is 1. The third kappa shape index (κ3) is 4.34.